The monoisotopic (exact) mass is 245 g/mol. The molecule has 94 valence electrons. The molecule has 0 spiro atoms. The van der Waals surface area contributed by atoms with Crippen LogP contribution in [0.5, 0.6) is 5.75 Å². The van der Waals surface area contributed by atoms with E-state index in [1.807, 2.05) is 31.3 Å². The molecule has 1 heterocycles. The molecule has 1 aromatic carbocycles. The minimum atomic E-state index is 0.342. The lowest BCUT2D eigenvalue weighted by Crippen LogP contribution is -1.98. The van der Waals surface area contributed by atoms with E-state index in [1.54, 1.807) is 0 Å². The Kier molecular flexibility index (Phi) is 2.88. The number of nitrogens with one attached hydrogen (secondary N) is 1. The Balaban J connectivity index is 1.58. The van der Waals surface area contributed by atoms with E-state index in [0.29, 0.717) is 18.3 Å². The zero-order valence-electron chi connectivity index (χ0n) is 10.2. The van der Waals surface area contributed by atoms with Gasteiger partial charge < -0.3 is 14.6 Å². The summed E-state index contributed by atoms with van der Waals surface area (Å²) < 4.78 is 10.8. The van der Waals surface area contributed by atoms with Gasteiger partial charge in [-0.25, -0.2) is 0 Å². The molecule has 0 amide bonds. The molecule has 1 fully saturated rings. The van der Waals surface area contributed by atoms with Crippen molar-refractivity contribution in [3.8, 4) is 5.75 Å². The van der Waals surface area contributed by atoms with Crippen LogP contribution in [0.3, 0.4) is 0 Å². The Labute approximate surface area is 105 Å². The Morgan fingerprint density at radius 2 is 2.11 bits per heavy atom. The second-order valence-corrected chi connectivity index (χ2v) is 4.39. The quantitative estimate of drug-likeness (QED) is 0.877. The van der Waals surface area contributed by atoms with Gasteiger partial charge in [-0.15, -0.1) is 0 Å². The van der Waals surface area contributed by atoms with Gasteiger partial charge in [0.05, 0.1) is 0 Å². The summed E-state index contributed by atoms with van der Waals surface area (Å²) >= 11 is 0. The Bertz CT molecular complexity index is 517. The first kappa shape index (κ1) is 11.1. The SMILES string of the molecule is CNc1ccc(OCc2noc(C3CC3)n2)cc1. The lowest BCUT2D eigenvalue weighted by molar-refractivity contribution is 0.285. The summed E-state index contributed by atoms with van der Waals surface area (Å²) in [4.78, 5) is 4.31. The number of aromatic nitrogens is 2. The molecule has 0 unspecified atom stereocenters. The molecule has 1 N–H and O–H groups in total. The lowest BCUT2D eigenvalue weighted by Gasteiger charge is -2.04. The van der Waals surface area contributed by atoms with Crippen LogP contribution in [0.1, 0.15) is 30.5 Å². The van der Waals surface area contributed by atoms with E-state index in [9.17, 15) is 0 Å². The maximum absolute atomic E-state index is 5.59. The van der Waals surface area contributed by atoms with Gasteiger partial charge in [0.25, 0.3) is 0 Å². The van der Waals surface area contributed by atoms with Crippen molar-refractivity contribution in [2.24, 2.45) is 0 Å². The molecule has 0 radical (unpaired) electrons. The number of rotatable bonds is 5. The van der Waals surface area contributed by atoms with Crippen LogP contribution in [-0.4, -0.2) is 17.2 Å². The molecule has 1 saturated carbocycles. The van der Waals surface area contributed by atoms with Gasteiger partial charge in [0, 0.05) is 18.7 Å². The average Bonchev–Trinajstić information content (AvgIpc) is 3.16. The molecular formula is C13H15N3O2. The number of hydrogen-bond donors (Lipinski definition) is 1. The summed E-state index contributed by atoms with van der Waals surface area (Å²) in [5.41, 5.74) is 1.05. The molecule has 1 aliphatic rings. The topological polar surface area (TPSA) is 60.2 Å². The van der Waals surface area contributed by atoms with E-state index in [4.69, 9.17) is 9.26 Å². The zero-order chi connectivity index (χ0) is 12.4. The van der Waals surface area contributed by atoms with Crippen LogP contribution in [0.2, 0.25) is 0 Å². The standard InChI is InChI=1S/C13H15N3O2/c1-14-10-4-6-11(7-5-10)17-8-12-15-13(18-16-12)9-2-3-9/h4-7,9,14H,2-3,8H2,1H3. The van der Waals surface area contributed by atoms with E-state index in [0.717, 1.165) is 30.2 Å². The number of ether oxygens (including phenoxy) is 1. The lowest BCUT2D eigenvalue weighted by atomic mass is 10.3. The molecule has 0 bridgehead atoms. The molecule has 2 aromatic rings. The van der Waals surface area contributed by atoms with Gasteiger partial charge in [0.15, 0.2) is 6.61 Å². The van der Waals surface area contributed by atoms with E-state index >= 15 is 0 Å². The maximum atomic E-state index is 5.59. The van der Waals surface area contributed by atoms with Gasteiger partial charge in [-0.3, -0.25) is 0 Å². The number of nitrogens with zero attached hydrogens (tertiary/aromatic N) is 2. The summed E-state index contributed by atoms with van der Waals surface area (Å²) in [6.07, 6.45) is 2.32. The van der Waals surface area contributed by atoms with Crippen molar-refractivity contribution >= 4 is 5.69 Å². The van der Waals surface area contributed by atoms with E-state index in [1.165, 1.54) is 0 Å². The van der Waals surface area contributed by atoms with Gasteiger partial charge in [-0.2, -0.15) is 4.98 Å². The van der Waals surface area contributed by atoms with Crippen LogP contribution < -0.4 is 10.1 Å². The van der Waals surface area contributed by atoms with E-state index in [-0.39, 0.29) is 0 Å². The molecule has 1 aliphatic carbocycles. The smallest absolute Gasteiger partial charge is 0.229 e. The third kappa shape index (κ3) is 2.45. The van der Waals surface area contributed by atoms with Gasteiger partial charge in [0.1, 0.15) is 5.75 Å². The summed E-state index contributed by atoms with van der Waals surface area (Å²) in [6.45, 7) is 0.342. The third-order valence-corrected chi connectivity index (χ3v) is 2.92. The Morgan fingerprint density at radius 1 is 1.33 bits per heavy atom. The molecule has 1 aromatic heterocycles. The van der Waals surface area contributed by atoms with Gasteiger partial charge >= 0.3 is 0 Å². The third-order valence-electron chi connectivity index (χ3n) is 2.92. The molecule has 0 saturated heterocycles. The fourth-order valence-corrected chi connectivity index (χ4v) is 1.69. The van der Waals surface area contributed by atoms with Crippen LogP contribution >= 0.6 is 0 Å². The van der Waals surface area contributed by atoms with Crippen molar-refractivity contribution in [1.82, 2.24) is 10.1 Å². The summed E-state index contributed by atoms with van der Waals surface area (Å²) in [6, 6.07) is 7.74. The average molecular weight is 245 g/mol. The van der Waals surface area contributed by atoms with Crippen molar-refractivity contribution in [3.05, 3.63) is 36.0 Å². The second-order valence-electron chi connectivity index (χ2n) is 4.39. The van der Waals surface area contributed by atoms with E-state index < -0.39 is 0 Å². The number of hydrogen-bond acceptors (Lipinski definition) is 5. The normalized spacial score (nSPS) is 14.5. The second kappa shape index (κ2) is 4.68. The van der Waals surface area contributed by atoms with E-state index in [2.05, 4.69) is 15.5 Å². The van der Waals surface area contributed by atoms with Gasteiger partial charge in [0.2, 0.25) is 11.7 Å². The van der Waals surface area contributed by atoms with Crippen LogP contribution in [0, 0.1) is 0 Å². The predicted octanol–water partition coefficient (Wildman–Crippen LogP) is 2.57. The summed E-state index contributed by atoms with van der Waals surface area (Å²) in [5, 5.41) is 6.96. The fourth-order valence-electron chi connectivity index (χ4n) is 1.69. The van der Waals surface area contributed by atoms with Crippen LogP contribution in [0.4, 0.5) is 5.69 Å². The Morgan fingerprint density at radius 3 is 2.78 bits per heavy atom. The molecule has 0 aliphatic heterocycles. The highest BCUT2D eigenvalue weighted by Gasteiger charge is 2.29. The molecule has 18 heavy (non-hydrogen) atoms. The van der Waals surface area contributed by atoms with Crippen molar-refractivity contribution < 1.29 is 9.26 Å². The first-order valence-electron chi connectivity index (χ1n) is 6.08. The predicted molar refractivity (Wildman–Crippen MR) is 66.6 cm³/mol. The molecular weight excluding hydrogens is 230 g/mol. The highest BCUT2D eigenvalue weighted by Crippen LogP contribution is 2.38. The zero-order valence-corrected chi connectivity index (χ0v) is 10.2. The molecule has 3 rings (SSSR count). The summed E-state index contributed by atoms with van der Waals surface area (Å²) in [5.74, 6) is 2.64. The van der Waals surface area contributed by atoms with Gasteiger partial charge in [-0.05, 0) is 37.1 Å². The maximum Gasteiger partial charge on any atom is 0.229 e. The minimum absolute atomic E-state index is 0.342. The molecule has 0 atom stereocenters. The fraction of sp³-hybridized carbons (Fsp3) is 0.385. The molecule has 5 heteroatoms. The highest BCUT2D eigenvalue weighted by atomic mass is 16.5. The van der Waals surface area contributed by atoms with Crippen molar-refractivity contribution in [1.29, 1.82) is 0 Å². The van der Waals surface area contributed by atoms with Crippen LogP contribution in [-0.2, 0) is 6.61 Å². The van der Waals surface area contributed by atoms with Gasteiger partial charge in [-0.1, -0.05) is 5.16 Å². The van der Waals surface area contributed by atoms with Crippen molar-refractivity contribution in [2.75, 3.05) is 12.4 Å². The first-order valence-corrected chi connectivity index (χ1v) is 6.08. The molecule has 5 nitrogen and oxygen atoms in total. The largest absolute Gasteiger partial charge is 0.485 e. The van der Waals surface area contributed by atoms with Crippen molar-refractivity contribution in [2.45, 2.75) is 25.4 Å². The summed E-state index contributed by atoms with van der Waals surface area (Å²) in [7, 11) is 1.88. The van der Waals surface area contributed by atoms with Crippen molar-refractivity contribution in [3.63, 3.8) is 0 Å². The number of benzene rings is 1. The minimum Gasteiger partial charge on any atom is -0.485 e. The Hall–Kier alpha value is -2.04. The first-order chi connectivity index (χ1) is 8.85. The number of anilines is 1. The highest BCUT2D eigenvalue weighted by molar-refractivity contribution is 5.45. The van der Waals surface area contributed by atoms with Crippen LogP contribution in [0.15, 0.2) is 28.8 Å². The van der Waals surface area contributed by atoms with Crippen LogP contribution in [0.25, 0.3) is 0 Å².